The lowest BCUT2D eigenvalue weighted by atomic mass is 9.95. The van der Waals surface area contributed by atoms with Crippen molar-refractivity contribution in [1.82, 2.24) is 10.6 Å². The molecule has 0 bridgehead atoms. The Kier molecular flexibility index (Phi) is 5.58. The Morgan fingerprint density at radius 2 is 1.81 bits per heavy atom. The summed E-state index contributed by atoms with van der Waals surface area (Å²) in [7, 11) is 1.62. The molecule has 1 aliphatic heterocycles. The van der Waals surface area contributed by atoms with Crippen LogP contribution in [0, 0.1) is 0 Å². The summed E-state index contributed by atoms with van der Waals surface area (Å²) < 4.78 is 6.16. The third-order valence-electron chi connectivity index (χ3n) is 4.06. The van der Waals surface area contributed by atoms with Crippen molar-refractivity contribution in [2.45, 2.75) is 13.0 Å². The van der Waals surface area contributed by atoms with Crippen molar-refractivity contribution in [3.63, 3.8) is 0 Å². The van der Waals surface area contributed by atoms with Crippen molar-refractivity contribution in [3.8, 4) is 5.75 Å². The molecule has 1 atom stereocenters. The largest absolute Gasteiger partial charge is 0.497 e. The summed E-state index contributed by atoms with van der Waals surface area (Å²) >= 11 is 8.66. The zero-order chi connectivity index (χ0) is 18.7. The molecule has 26 heavy (non-hydrogen) atoms. The lowest BCUT2D eigenvalue weighted by molar-refractivity contribution is -0.113. The van der Waals surface area contributed by atoms with Crippen LogP contribution in [0.2, 0.25) is 0 Å². The zero-order valence-electron chi connectivity index (χ0n) is 14.3. The number of halogens is 1. The van der Waals surface area contributed by atoms with Crippen molar-refractivity contribution in [2.75, 3.05) is 12.4 Å². The number of hydrogen-bond donors (Lipinski definition) is 3. The number of allylic oxidation sites excluding steroid dienone is 1. The Labute approximate surface area is 165 Å². The number of amides is 1. The highest BCUT2D eigenvalue weighted by Crippen LogP contribution is 2.29. The number of rotatable bonds is 4. The second-order valence-electron chi connectivity index (χ2n) is 5.80. The lowest BCUT2D eigenvalue weighted by Gasteiger charge is -2.30. The van der Waals surface area contributed by atoms with E-state index in [9.17, 15) is 4.79 Å². The maximum atomic E-state index is 12.9. The van der Waals surface area contributed by atoms with Gasteiger partial charge in [-0.3, -0.25) is 4.79 Å². The van der Waals surface area contributed by atoms with Crippen LogP contribution in [-0.4, -0.2) is 18.1 Å². The van der Waals surface area contributed by atoms with Crippen molar-refractivity contribution in [1.29, 1.82) is 0 Å². The van der Waals surface area contributed by atoms with Crippen LogP contribution in [0.5, 0.6) is 5.75 Å². The summed E-state index contributed by atoms with van der Waals surface area (Å²) in [6.45, 7) is 1.85. The highest BCUT2D eigenvalue weighted by atomic mass is 79.9. The number of hydrogen-bond acceptors (Lipinski definition) is 3. The van der Waals surface area contributed by atoms with Crippen LogP contribution in [-0.2, 0) is 4.79 Å². The van der Waals surface area contributed by atoms with Crippen LogP contribution < -0.4 is 20.7 Å². The molecule has 0 saturated carbocycles. The maximum absolute atomic E-state index is 12.9. The normalized spacial score (nSPS) is 16.6. The topological polar surface area (TPSA) is 62.4 Å². The van der Waals surface area contributed by atoms with E-state index in [1.54, 1.807) is 7.11 Å². The molecule has 0 saturated heterocycles. The van der Waals surface area contributed by atoms with Crippen LogP contribution in [0.3, 0.4) is 0 Å². The first-order chi connectivity index (χ1) is 12.5. The molecule has 2 aromatic rings. The quantitative estimate of drug-likeness (QED) is 0.640. The monoisotopic (exact) mass is 431 g/mol. The van der Waals surface area contributed by atoms with Gasteiger partial charge in [0, 0.05) is 15.9 Å². The third-order valence-corrected chi connectivity index (χ3v) is 4.81. The first-order valence-corrected chi connectivity index (χ1v) is 9.17. The maximum Gasteiger partial charge on any atom is 0.255 e. The minimum Gasteiger partial charge on any atom is -0.497 e. The Bertz CT molecular complexity index is 863. The highest BCUT2D eigenvalue weighted by molar-refractivity contribution is 9.10. The molecule has 3 rings (SSSR count). The summed E-state index contributed by atoms with van der Waals surface area (Å²) in [4.78, 5) is 12.9. The molecule has 2 aromatic carbocycles. The van der Waals surface area contributed by atoms with E-state index >= 15 is 0 Å². The minimum atomic E-state index is -0.342. The number of methoxy groups -OCH3 is 1. The van der Waals surface area contributed by atoms with Crippen LogP contribution in [0.25, 0.3) is 0 Å². The average molecular weight is 432 g/mol. The van der Waals surface area contributed by atoms with Gasteiger partial charge in [0.05, 0.1) is 18.7 Å². The molecule has 3 N–H and O–H groups in total. The number of benzene rings is 2. The Morgan fingerprint density at radius 1 is 1.15 bits per heavy atom. The van der Waals surface area contributed by atoms with Crippen molar-refractivity contribution in [3.05, 3.63) is 69.8 Å². The van der Waals surface area contributed by atoms with Crippen molar-refractivity contribution >= 4 is 44.9 Å². The van der Waals surface area contributed by atoms with Gasteiger partial charge in [-0.25, -0.2) is 0 Å². The number of ether oxygens (including phenoxy) is 1. The molecule has 7 heteroatoms. The van der Waals surface area contributed by atoms with Gasteiger partial charge in [0.25, 0.3) is 5.91 Å². The first-order valence-electron chi connectivity index (χ1n) is 7.97. The van der Waals surface area contributed by atoms with Gasteiger partial charge in [-0.15, -0.1) is 0 Å². The molecule has 134 valence electrons. The fourth-order valence-electron chi connectivity index (χ4n) is 2.77. The molecular weight excluding hydrogens is 414 g/mol. The Morgan fingerprint density at radius 3 is 2.42 bits per heavy atom. The van der Waals surface area contributed by atoms with Crippen LogP contribution in [0.4, 0.5) is 5.69 Å². The molecule has 1 amide bonds. The first kappa shape index (κ1) is 18.4. The van der Waals surface area contributed by atoms with E-state index in [0.29, 0.717) is 10.7 Å². The summed E-state index contributed by atoms with van der Waals surface area (Å²) in [5.41, 5.74) is 2.96. The van der Waals surface area contributed by atoms with E-state index in [0.717, 1.165) is 27.2 Å². The lowest BCUT2D eigenvalue weighted by Crippen LogP contribution is -2.45. The summed E-state index contributed by atoms with van der Waals surface area (Å²) in [5, 5.41) is 9.64. The molecule has 0 fully saturated rings. The van der Waals surface area contributed by atoms with E-state index < -0.39 is 0 Å². The number of anilines is 1. The molecule has 5 nitrogen and oxygen atoms in total. The number of carbonyl (C=O) groups is 1. The molecule has 0 aromatic heterocycles. The molecular formula is C19H18BrN3O2S. The minimum absolute atomic E-state index is 0.187. The molecule has 0 radical (unpaired) electrons. The van der Waals surface area contributed by atoms with Crippen molar-refractivity contribution < 1.29 is 9.53 Å². The fraction of sp³-hybridized carbons (Fsp3) is 0.158. The summed E-state index contributed by atoms with van der Waals surface area (Å²) in [5.74, 6) is 0.569. The van der Waals surface area contributed by atoms with E-state index in [1.807, 2.05) is 55.5 Å². The third kappa shape index (κ3) is 4.05. The van der Waals surface area contributed by atoms with Crippen LogP contribution in [0.1, 0.15) is 18.5 Å². The number of carbonyl (C=O) groups excluding carboxylic acids is 1. The van der Waals surface area contributed by atoms with Gasteiger partial charge in [-0.1, -0.05) is 28.1 Å². The molecule has 0 spiro atoms. The fourth-order valence-corrected chi connectivity index (χ4v) is 3.31. The standard InChI is InChI=1S/C19H18BrN3O2S/c1-11-16(18(24)22-14-7-5-13(20)6-8-14)17(23-19(26)21-11)12-3-9-15(25-2)10-4-12/h3-10,17H,1-2H3,(H,22,24)(H2,21,23,26)/t17-/m0/s1. The smallest absolute Gasteiger partial charge is 0.255 e. The highest BCUT2D eigenvalue weighted by Gasteiger charge is 2.29. The molecule has 1 aliphatic rings. The predicted octanol–water partition coefficient (Wildman–Crippen LogP) is 3.89. The van der Waals surface area contributed by atoms with Gasteiger partial charge in [-0.05, 0) is 61.1 Å². The second-order valence-corrected chi connectivity index (χ2v) is 7.13. The SMILES string of the molecule is COc1ccc([C@@H]2NC(=S)NC(C)=C2C(=O)Nc2ccc(Br)cc2)cc1. The van der Waals surface area contributed by atoms with E-state index in [-0.39, 0.29) is 11.9 Å². The molecule has 1 heterocycles. The summed E-state index contributed by atoms with van der Waals surface area (Å²) in [6.07, 6.45) is 0. The summed E-state index contributed by atoms with van der Waals surface area (Å²) in [6, 6.07) is 14.7. The molecule has 0 aliphatic carbocycles. The Hall–Kier alpha value is -2.38. The number of nitrogens with one attached hydrogen (secondary N) is 3. The van der Waals surface area contributed by atoms with E-state index in [2.05, 4.69) is 31.9 Å². The molecule has 0 unspecified atom stereocenters. The van der Waals surface area contributed by atoms with E-state index in [4.69, 9.17) is 17.0 Å². The van der Waals surface area contributed by atoms with Gasteiger partial charge in [0.1, 0.15) is 5.75 Å². The Balaban J connectivity index is 1.91. The zero-order valence-corrected chi connectivity index (χ0v) is 16.7. The van der Waals surface area contributed by atoms with Gasteiger partial charge in [-0.2, -0.15) is 0 Å². The van der Waals surface area contributed by atoms with Gasteiger partial charge in [0.15, 0.2) is 5.11 Å². The van der Waals surface area contributed by atoms with Crippen LogP contribution in [0.15, 0.2) is 64.3 Å². The van der Waals surface area contributed by atoms with Crippen molar-refractivity contribution in [2.24, 2.45) is 0 Å². The average Bonchev–Trinajstić information content (AvgIpc) is 2.63. The second kappa shape index (κ2) is 7.88. The van der Waals surface area contributed by atoms with Crippen LogP contribution >= 0.6 is 28.1 Å². The van der Waals surface area contributed by atoms with Gasteiger partial charge < -0.3 is 20.7 Å². The van der Waals surface area contributed by atoms with Gasteiger partial charge in [0.2, 0.25) is 0 Å². The van der Waals surface area contributed by atoms with Gasteiger partial charge >= 0.3 is 0 Å². The predicted molar refractivity (Wildman–Crippen MR) is 110 cm³/mol. The van der Waals surface area contributed by atoms with E-state index in [1.165, 1.54) is 0 Å². The number of thiocarbonyl (C=S) groups is 1.